The van der Waals surface area contributed by atoms with Crippen LogP contribution >= 0.6 is 0 Å². The number of carbonyl (C=O) groups excluding carboxylic acids is 1. The molecule has 0 aromatic heterocycles. The molecule has 1 fully saturated rings. The first-order valence-corrected chi connectivity index (χ1v) is 7.51. The molecular formula is C16H20N2O3. The zero-order valence-corrected chi connectivity index (χ0v) is 12.0. The van der Waals surface area contributed by atoms with E-state index in [1.165, 1.54) is 0 Å². The van der Waals surface area contributed by atoms with E-state index in [0.29, 0.717) is 19.5 Å². The van der Waals surface area contributed by atoms with Crippen molar-refractivity contribution in [1.82, 2.24) is 4.90 Å². The van der Waals surface area contributed by atoms with Gasteiger partial charge in [-0.2, -0.15) is 0 Å². The van der Waals surface area contributed by atoms with Gasteiger partial charge in [0.1, 0.15) is 0 Å². The quantitative estimate of drug-likeness (QED) is 0.919. The van der Waals surface area contributed by atoms with E-state index in [1.54, 1.807) is 0 Å². The van der Waals surface area contributed by atoms with Gasteiger partial charge in [0, 0.05) is 25.3 Å². The number of likely N-dealkylation sites (tertiary alicyclic amines) is 1. The Bertz CT molecular complexity index is 552. The van der Waals surface area contributed by atoms with E-state index in [1.807, 2.05) is 34.1 Å². The van der Waals surface area contributed by atoms with Gasteiger partial charge in [0.25, 0.3) is 0 Å². The van der Waals surface area contributed by atoms with Crippen LogP contribution in [0.15, 0.2) is 24.3 Å². The predicted molar refractivity (Wildman–Crippen MR) is 79.5 cm³/mol. The third kappa shape index (κ3) is 2.73. The van der Waals surface area contributed by atoms with Crippen LogP contribution in [0, 0.1) is 0 Å². The van der Waals surface area contributed by atoms with E-state index in [2.05, 4.69) is 0 Å². The molecule has 2 aliphatic rings. The molecule has 2 aliphatic heterocycles. The lowest BCUT2D eigenvalue weighted by Gasteiger charge is -2.34. The van der Waals surface area contributed by atoms with Crippen LogP contribution in [0.5, 0.6) is 0 Å². The van der Waals surface area contributed by atoms with E-state index < -0.39 is 11.9 Å². The van der Waals surface area contributed by atoms with Gasteiger partial charge >= 0.3 is 5.97 Å². The monoisotopic (exact) mass is 288 g/mol. The lowest BCUT2D eigenvalue weighted by Crippen LogP contribution is -2.42. The van der Waals surface area contributed by atoms with Crippen molar-refractivity contribution in [3.8, 4) is 0 Å². The number of anilines is 1. The number of fused-ring (bicyclic) bond motifs is 1. The van der Waals surface area contributed by atoms with Crippen LogP contribution in [0.1, 0.15) is 30.7 Å². The van der Waals surface area contributed by atoms with Crippen LogP contribution in [-0.4, -0.2) is 48.1 Å². The van der Waals surface area contributed by atoms with Crippen LogP contribution in [-0.2, 0) is 9.59 Å². The molecule has 1 atom stereocenters. The molecular weight excluding hydrogens is 268 g/mol. The maximum absolute atomic E-state index is 12.3. The Hall–Kier alpha value is -2.04. The number of benzene rings is 1. The largest absolute Gasteiger partial charge is 0.481 e. The van der Waals surface area contributed by atoms with Gasteiger partial charge < -0.3 is 14.9 Å². The lowest BCUT2D eigenvalue weighted by atomic mass is 9.90. The molecule has 1 unspecified atom stereocenters. The third-order valence-corrected chi connectivity index (χ3v) is 4.42. The van der Waals surface area contributed by atoms with E-state index in [4.69, 9.17) is 0 Å². The summed E-state index contributed by atoms with van der Waals surface area (Å²) in [6.45, 7) is 2.68. The Labute approximate surface area is 124 Å². The Balaban J connectivity index is 1.79. The number of carbonyl (C=O) groups is 2. The molecule has 21 heavy (non-hydrogen) atoms. The highest BCUT2D eigenvalue weighted by molar-refractivity contribution is 5.85. The lowest BCUT2D eigenvalue weighted by molar-refractivity contribution is -0.139. The van der Waals surface area contributed by atoms with E-state index in [9.17, 15) is 14.7 Å². The summed E-state index contributed by atoms with van der Waals surface area (Å²) in [5, 5.41) is 9.33. The molecule has 2 heterocycles. The zero-order valence-electron chi connectivity index (χ0n) is 12.0. The molecule has 1 saturated heterocycles. The summed E-state index contributed by atoms with van der Waals surface area (Å²) < 4.78 is 0. The van der Waals surface area contributed by atoms with Gasteiger partial charge in [-0.25, -0.2) is 0 Å². The fourth-order valence-electron chi connectivity index (χ4n) is 3.28. The summed E-state index contributed by atoms with van der Waals surface area (Å²) in [5.41, 5.74) is 1.72. The summed E-state index contributed by atoms with van der Waals surface area (Å²) in [6, 6.07) is 7.54. The molecule has 0 bridgehead atoms. The molecule has 1 amide bonds. The van der Waals surface area contributed by atoms with Crippen molar-refractivity contribution in [3.05, 3.63) is 29.8 Å². The topological polar surface area (TPSA) is 60.9 Å². The van der Waals surface area contributed by atoms with E-state index in [-0.39, 0.29) is 5.91 Å². The molecule has 1 N–H and O–H groups in total. The fourth-order valence-corrected chi connectivity index (χ4v) is 3.28. The summed E-state index contributed by atoms with van der Waals surface area (Å²) in [5.74, 6) is -1.09. The van der Waals surface area contributed by atoms with Crippen LogP contribution < -0.4 is 4.90 Å². The van der Waals surface area contributed by atoms with Crippen molar-refractivity contribution in [2.24, 2.45) is 0 Å². The van der Waals surface area contributed by atoms with E-state index in [0.717, 1.165) is 37.2 Å². The van der Waals surface area contributed by atoms with Crippen molar-refractivity contribution < 1.29 is 14.7 Å². The molecule has 0 saturated carbocycles. The van der Waals surface area contributed by atoms with Gasteiger partial charge in [-0.15, -0.1) is 0 Å². The number of hydrogen-bond acceptors (Lipinski definition) is 3. The molecule has 0 aliphatic carbocycles. The summed E-state index contributed by atoms with van der Waals surface area (Å²) in [7, 11) is 0. The second-order valence-corrected chi connectivity index (χ2v) is 5.75. The summed E-state index contributed by atoms with van der Waals surface area (Å²) in [4.78, 5) is 27.6. The molecule has 112 valence electrons. The molecule has 0 spiro atoms. The van der Waals surface area contributed by atoms with Crippen molar-refractivity contribution in [2.75, 3.05) is 31.1 Å². The Morgan fingerprint density at radius 2 is 1.86 bits per heavy atom. The molecule has 3 rings (SSSR count). The van der Waals surface area contributed by atoms with Gasteiger partial charge in [-0.1, -0.05) is 18.2 Å². The Kier molecular flexibility index (Phi) is 3.82. The first-order valence-electron chi connectivity index (χ1n) is 7.51. The third-order valence-electron chi connectivity index (χ3n) is 4.42. The first kappa shape index (κ1) is 13.9. The van der Waals surface area contributed by atoms with Crippen LogP contribution in [0.25, 0.3) is 0 Å². The number of para-hydroxylation sites is 1. The number of carboxylic acid groups (broad SMARTS) is 1. The first-order chi connectivity index (χ1) is 10.2. The van der Waals surface area contributed by atoms with Crippen LogP contribution in [0.4, 0.5) is 5.69 Å². The van der Waals surface area contributed by atoms with Crippen molar-refractivity contribution >= 4 is 17.6 Å². The van der Waals surface area contributed by atoms with Gasteiger partial charge in [0.05, 0.1) is 12.5 Å². The predicted octanol–water partition coefficient (Wildman–Crippen LogP) is 1.69. The normalized spacial score (nSPS) is 21.2. The van der Waals surface area contributed by atoms with Gasteiger partial charge in [-0.05, 0) is 30.9 Å². The smallest absolute Gasteiger partial charge is 0.311 e. The highest BCUT2D eigenvalue weighted by atomic mass is 16.4. The SMILES string of the molecule is O=C(O)C1CCN(CC(=O)N2CCCC2)c2ccccc21. The average Bonchev–Trinajstić information content (AvgIpc) is 3.01. The highest BCUT2D eigenvalue weighted by Crippen LogP contribution is 2.35. The molecule has 5 nitrogen and oxygen atoms in total. The number of carboxylic acids is 1. The molecule has 0 radical (unpaired) electrons. The van der Waals surface area contributed by atoms with Crippen molar-refractivity contribution in [1.29, 1.82) is 0 Å². The molecule has 1 aromatic carbocycles. The summed E-state index contributed by atoms with van der Waals surface area (Å²) >= 11 is 0. The van der Waals surface area contributed by atoms with Crippen LogP contribution in [0.2, 0.25) is 0 Å². The van der Waals surface area contributed by atoms with Crippen molar-refractivity contribution in [3.63, 3.8) is 0 Å². The fraction of sp³-hybridized carbons (Fsp3) is 0.500. The number of nitrogens with zero attached hydrogens (tertiary/aromatic N) is 2. The summed E-state index contributed by atoms with van der Waals surface area (Å²) in [6.07, 6.45) is 2.73. The van der Waals surface area contributed by atoms with Crippen LogP contribution in [0.3, 0.4) is 0 Å². The van der Waals surface area contributed by atoms with E-state index >= 15 is 0 Å². The Morgan fingerprint density at radius 1 is 1.14 bits per heavy atom. The Morgan fingerprint density at radius 3 is 2.57 bits per heavy atom. The number of amides is 1. The number of aliphatic carboxylic acids is 1. The second kappa shape index (κ2) is 5.76. The highest BCUT2D eigenvalue weighted by Gasteiger charge is 2.31. The maximum atomic E-state index is 12.3. The van der Waals surface area contributed by atoms with Gasteiger partial charge in [-0.3, -0.25) is 9.59 Å². The molecule has 5 heteroatoms. The minimum absolute atomic E-state index is 0.149. The van der Waals surface area contributed by atoms with Gasteiger partial charge in [0.2, 0.25) is 5.91 Å². The van der Waals surface area contributed by atoms with Crippen molar-refractivity contribution in [2.45, 2.75) is 25.2 Å². The standard InChI is InChI=1S/C16H20N2O3/c19-15(17-8-3-4-9-17)11-18-10-7-13(16(20)21)12-5-1-2-6-14(12)18/h1-2,5-6,13H,3-4,7-11H2,(H,20,21). The minimum Gasteiger partial charge on any atom is -0.481 e. The number of hydrogen-bond donors (Lipinski definition) is 1. The minimum atomic E-state index is -0.784. The average molecular weight is 288 g/mol. The second-order valence-electron chi connectivity index (χ2n) is 5.75. The van der Waals surface area contributed by atoms with Gasteiger partial charge in [0.15, 0.2) is 0 Å². The maximum Gasteiger partial charge on any atom is 0.311 e. The number of rotatable bonds is 3. The zero-order chi connectivity index (χ0) is 14.8. The molecule has 1 aromatic rings.